The minimum Gasteiger partial charge on any atom is -0.497 e. The minimum absolute atomic E-state index is 0.0334. The van der Waals surface area contributed by atoms with Crippen LogP contribution in [0.15, 0.2) is 42.5 Å². The zero-order valence-electron chi connectivity index (χ0n) is 18.1. The summed E-state index contributed by atoms with van der Waals surface area (Å²) in [7, 11) is 3.45. The molecule has 2 heterocycles. The summed E-state index contributed by atoms with van der Waals surface area (Å²) in [5.41, 5.74) is 2.88. The standard InChI is InChI=1S/C24H27N3O4/c1-4-31-20-9-6-5-8-16(20)15-25-24(29)23-22(27-13-7-10-21(27)28)18-14-17(30-3)11-12-19(18)26(23)2/h5-6,8-9,11-12,14H,4,7,10,13,15H2,1-3H3,(H,25,29). The monoisotopic (exact) mass is 421 g/mol. The van der Waals surface area contributed by atoms with E-state index in [0.29, 0.717) is 43.2 Å². The van der Waals surface area contributed by atoms with Crippen molar-refractivity contribution in [1.82, 2.24) is 9.88 Å². The first-order chi connectivity index (χ1) is 15.0. The lowest BCUT2D eigenvalue weighted by molar-refractivity contribution is -0.117. The Hall–Kier alpha value is -3.48. The quantitative estimate of drug-likeness (QED) is 0.632. The molecule has 3 aromatic rings. The van der Waals surface area contributed by atoms with Gasteiger partial charge in [-0.2, -0.15) is 0 Å². The zero-order chi connectivity index (χ0) is 22.0. The number of carbonyl (C=O) groups is 2. The van der Waals surface area contributed by atoms with Crippen LogP contribution in [0, 0.1) is 0 Å². The summed E-state index contributed by atoms with van der Waals surface area (Å²) in [6, 6.07) is 13.3. The lowest BCUT2D eigenvalue weighted by Crippen LogP contribution is -2.30. The number of hydrogen-bond acceptors (Lipinski definition) is 4. The molecule has 0 radical (unpaired) electrons. The molecule has 1 fully saturated rings. The van der Waals surface area contributed by atoms with E-state index in [4.69, 9.17) is 9.47 Å². The van der Waals surface area contributed by atoms with Crippen molar-refractivity contribution < 1.29 is 19.1 Å². The summed E-state index contributed by atoms with van der Waals surface area (Å²) in [5.74, 6) is 1.23. The Bertz CT molecular complexity index is 1140. The van der Waals surface area contributed by atoms with Gasteiger partial charge in [-0.05, 0) is 37.6 Å². The number of ether oxygens (including phenoxy) is 2. The summed E-state index contributed by atoms with van der Waals surface area (Å²) in [6.07, 6.45) is 1.27. The van der Waals surface area contributed by atoms with E-state index in [1.54, 1.807) is 12.0 Å². The molecule has 1 aliphatic heterocycles. The summed E-state index contributed by atoms with van der Waals surface area (Å²) in [5, 5.41) is 3.84. The summed E-state index contributed by atoms with van der Waals surface area (Å²) < 4.78 is 12.9. The number of methoxy groups -OCH3 is 1. The van der Waals surface area contributed by atoms with Crippen molar-refractivity contribution in [2.45, 2.75) is 26.3 Å². The molecule has 1 aromatic heterocycles. The number of benzene rings is 2. The number of nitrogens with one attached hydrogen (secondary N) is 1. The molecule has 1 aliphatic rings. The van der Waals surface area contributed by atoms with Gasteiger partial charge in [0.2, 0.25) is 5.91 Å². The first kappa shape index (κ1) is 20.8. The van der Waals surface area contributed by atoms with Crippen LogP contribution in [0.4, 0.5) is 5.69 Å². The number of hydrogen-bond donors (Lipinski definition) is 1. The first-order valence-corrected chi connectivity index (χ1v) is 10.5. The SMILES string of the molecule is CCOc1ccccc1CNC(=O)c1c(N2CCCC2=O)c2cc(OC)ccc2n1C. The number of aromatic nitrogens is 1. The Morgan fingerprint density at radius 3 is 2.71 bits per heavy atom. The van der Waals surface area contributed by atoms with Crippen LogP contribution in [0.25, 0.3) is 10.9 Å². The fourth-order valence-corrected chi connectivity index (χ4v) is 4.15. The lowest BCUT2D eigenvalue weighted by Gasteiger charge is -2.18. The van der Waals surface area contributed by atoms with E-state index < -0.39 is 0 Å². The van der Waals surface area contributed by atoms with Gasteiger partial charge in [-0.15, -0.1) is 0 Å². The van der Waals surface area contributed by atoms with Crippen molar-refractivity contribution in [2.24, 2.45) is 7.05 Å². The molecule has 2 aromatic carbocycles. The van der Waals surface area contributed by atoms with Crippen LogP contribution in [0.2, 0.25) is 0 Å². The Kier molecular flexibility index (Phi) is 5.84. The van der Waals surface area contributed by atoms with Crippen LogP contribution >= 0.6 is 0 Å². The minimum atomic E-state index is -0.237. The van der Waals surface area contributed by atoms with Crippen LogP contribution < -0.4 is 19.7 Å². The van der Waals surface area contributed by atoms with Gasteiger partial charge in [0.05, 0.1) is 24.9 Å². The number of fused-ring (bicyclic) bond motifs is 1. The third kappa shape index (κ3) is 3.83. The molecule has 0 unspecified atom stereocenters. The van der Waals surface area contributed by atoms with Gasteiger partial charge in [0.25, 0.3) is 5.91 Å². The topological polar surface area (TPSA) is 72.8 Å². The molecule has 2 amide bonds. The van der Waals surface area contributed by atoms with Crippen LogP contribution in [0.1, 0.15) is 35.8 Å². The highest BCUT2D eigenvalue weighted by atomic mass is 16.5. The average molecular weight is 421 g/mol. The Balaban J connectivity index is 1.73. The van der Waals surface area contributed by atoms with E-state index in [-0.39, 0.29) is 11.8 Å². The van der Waals surface area contributed by atoms with Crippen molar-refractivity contribution in [2.75, 3.05) is 25.2 Å². The largest absolute Gasteiger partial charge is 0.497 e. The Labute approximate surface area is 181 Å². The Morgan fingerprint density at radius 2 is 2.00 bits per heavy atom. The summed E-state index contributed by atoms with van der Waals surface area (Å²) in [4.78, 5) is 27.7. The summed E-state index contributed by atoms with van der Waals surface area (Å²) in [6.45, 7) is 3.41. The average Bonchev–Trinajstić information content (AvgIpc) is 3.33. The molecule has 7 nitrogen and oxygen atoms in total. The lowest BCUT2D eigenvalue weighted by atomic mass is 10.1. The highest BCUT2D eigenvalue weighted by Gasteiger charge is 2.31. The molecular weight excluding hydrogens is 394 g/mol. The number of nitrogens with zero attached hydrogens (tertiary/aromatic N) is 2. The fourth-order valence-electron chi connectivity index (χ4n) is 4.15. The van der Waals surface area contributed by atoms with Gasteiger partial charge in [-0.25, -0.2) is 0 Å². The number of amides is 2. The zero-order valence-corrected chi connectivity index (χ0v) is 18.1. The molecule has 1 saturated heterocycles. The van der Waals surface area contributed by atoms with Crippen LogP contribution in [-0.2, 0) is 18.4 Å². The molecule has 31 heavy (non-hydrogen) atoms. The van der Waals surface area contributed by atoms with Crippen molar-refractivity contribution in [3.8, 4) is 11.5 Å². The maximum absolute atomic E-state index is 13.4. The van der Waals surface area contributed by atoms with Crippen molar-refractivity contribution >= 4 is 28.4 Å². The predicted octanol–water partition coefficient (Wildman–Crippen LogP) is 3.64. The normalized spacial score (nSPS) is 13.6. The highest BCUT2D eigenvalue weighted by molar-refractivity contribution is 6.14. The second kappa shape index (κ2) is 8.71. The van der Waals surface area contributed by atoms with E-state index in [0.717, 1.165) is 28.6 Å². The van der Waals surface area contributed by atoms with Crippen LogP contribution in [0.5, 0.6) is 11.5 Å². The smallest absolute Gasteiger partial charge is 0.270 e. The molecule has 0 aliphatic carbocycles. The number of rotatable bonds is 7. The third-order valence-corrected chi connectivity index (χ3v) is 5.65. The van der Waals surface area contributed by atoms with Crippen molar-refractivity contribution in [1.29, 1.82) is 0 Å². The number of anilines is 1. The molecular formula is C24H27N3O4. The van der Waals surface area contributed by atoms with Crippen molar-refractivity contribution in [3.63, 3.8) is 0 Å². The molecule has 0 spiro atoms. The number of aryl methyl sites for hydroxylation is 1. The van der Waals surface area contributed by atoms with E-state index in [9.17, 15) is 9.59 Å². The van der Waals surface area contributed by atoms with E-state index in [1.165, 1.54) is 0 Å². The molecule has 7 heteroatoms. The fraction of sp³-hybridized carbons (Fsp3) is 0.333. The van der Waals surface area contributed by atoms with E-state index in [1.807, 2.05) is 61.0 Å². The first-order valence-electron chi connectivity index (χ1n) is 10.5. The van der Waals surface area contributed by atoms with Crippen molar-refractivity contribution in [3.05, 3.63) is 53.7 Å². The molecule has 0 saturated carbocycles. The van der Waals surface area contributed by atoms with Gasteiger partial charge in [0, 0.05) is 37.5 Å². The van der Waals surface area contributed by atoms with Gasteiger partial charge in [-0.3, -0.25) is 9.59 Å². The third-order valence-electron chi connectivity index (χ3n) is 5.65. The molecule has 162 valence electrons. The van der Waals surface area contributed by atoms with Gasteiger partial charge in [-0.1, -0.05) is 18.2 Å². The molecule has 4 rings (SSSR count). The van der Waals surface area contributed by atoms with Gasteiger partial charge in [0.15, 0.2) is 0 Å². The van der Waals surface area contributed by atoms with Gasteiger partial charge < -0.3 is 24.3 Å². The van der Waals surface area contributed by atoms with Crippen LogP contribution in [-0.4, -0.2) is 36.6 Å². The Morgan fingerprint density at radius 1 is 1.19 bits per heavy atom. The van der Waals surface area contributed by atoms with E-state index >= 15 is 0 Å². The molecule has 0 atom stereocenters. The van der Waals surface area contributed by atoms with Gasteiger partial charge >= 0.3 is 0 Å². The second-order valence-electron chi connectivity index (χ2n) is 7.51. The predicted molar refractivity (Wildman–Crippen MR) is 120 cm³/mol. The second-order valence-corrected chi connectivity index (χ2v) is 7.51. The number of carbonyl (C=O) groups excluding carboxylic acids is 2. The molecule has 0 bridgehead atoms. The van der Waals surface area contributed by atoms with E-state index in [2.05, 4.69) is 5.32 Å². The summed E-state index contributed by atoms with van der Waals surface area (Å²) >= 11 is 0. The van der Waals surface area contributed by atoms with Gasteiger partial charge in [0.1, 0.15) is 17.2 Å². The number of para-hydroxylation sites is 1. The van der Waals surface area contributed by atoms with Crippen LogP contribution in [0.3, 0.4) is 0 Å². The maximum atomic E-state index is 13.4. The maximum Gasteiger partial charge on any atom is 0.270 e. The molecule has 1 N–H and O–H groups in total. The highest BCUT2D eigenvalue weighted by Crippen LogP contribution is 2.37.